The van der Waals surface area contributed by atoms with Crippen LogP contribution in [0.4, 0.5) is 5.69 Å². The summed E-state index contributed by atoms with van der Waals surface area (Å²) < 4.78 is 1.10. The van der Waals surface area contributed by atoms with Crippen LogP contribution in [-0.4, -0.2) is 6.54 Å². The molecule has 0 amide bonds. The maximum absolute atomic E-state index is 8.74. The second kappa shape index (κ2) is 4.47. The van der Waals surface area contributed by atoms with Crippen molar-refractivity contribution in [3.8, 4) is 6.07 Å². The van der Waals surface area contributed by atoms with Gasteiger partial charge in [-0.05, 0) is 43.5 Å². The molecule has 1 aliphatic carbocycles. The van der Waals surface area contributed by atoms with E-state index < -0.39 is 0 Å². The standard InChI is InChI=1S/C13H15BrN2/c1-10-6-11(14)8-12(7-10)16-9-13(2-3-13)4-5-15/h6-8,16H,2-4,9H2,1H3. The zero-order valence-corrected chi connectivity index (χ0v) is 11.0. The lowest BCUT2D eigenvalue weighted by molar-refractivity contribution is 0.557. The van der Waals surface area contributed by atoms with Gasteiger partial charge in [0.15, 0.2) is 0 Å². The third kappa shape index (κ3) is 2.76. The lowest BCUT2D eigenvalue weighted by Crippen LogP contribution is -2.14. The normalized spacial score (nSPS) is 16.6. The molecule has 0 heterocycles. The van der Waals surface area contributed by atoms with Gasteiger partial charge in [-0.3, -0.25) is 0 Å². The minimum Gasteiger partial charge on any atom is -0.384 e. The van der Waals surface area contributed by atoms with Crippen molar-refractivity contribution in [1.82, 2.24) is 0 Å². The van der Waals surface area contributed by atoms with Gasteiger partial charge in [0.1, 0.15) is 0 Å². The number of rotatable bonds is 4. The van der Waals surface area contributed by atoms with Gasteiger partial charge in [0, 0.05) is 28.5 Å². The van der Waals surface area contributed by atoms with Crippen molar-refractivity contribution < 1.29 is 0 Å². The van der Waals surface area contributed by atoms with Crippen LogP contribution in [0.2, 0.25) is 0 Å². The lowest BCUT2D eigenvalue weighted by Gasteiger charge is -2.14. The highest BCUT2D eigenvalue weighted by molar-refractivity contribution is 9.10. The van der Waals surface area contributed by atoms with E-state index in [0.29, 0.717) is 6.42 Å². The Morgan fingerprint density at radius 3 is 2.75 bits per heavy atom. The fourth-order valence-corrected chi connectivity index (χ4v) is 2.50. The topological polar surface area (TPSA) is 35.8 Å². The second-order valence-corrected chi connectivity index (χ2v) is 5.62. The van der Waals surface area contributed by atoms with Crippen LogP contribution in [-0.2, 0) is 0 Å². The van der Waals surface area contributed by atoms with Crippen molar-refractivity contribution in [2.45, 2.75) is 26.2 Å². The van der Waals surface area contributed by atoms with Crippen LogP contribution in [0.1, 0.15) is 24.8 Å². The molecule has 0 spiro atoms. The number of nitriles is 1. The summed E-state index contributed by atoms with van der Waals surface area (Å²) in [6, 6.07) is 8.58. The third-order valence-corrected chi connectivity index (χ3v) is 3.58. The first kappa shape index (κ1) is 11.5. The summed E-state index contributed by atoms with van der Waals surface area (Å²) in [6.07, 6.45) is 3.04. The molecule has 0 atom stereocenters. The molecule has 0 unspecified atom stereocenters. The molecule has 2 nitrogen and oxygen atoms in total. The van der Waals surface area contributed by atoms with Gasteiger partial charge in [0.2, 0.25) is 0 Å². The van der Waals surface area contributed by atoms with E-state index in [1.54, 1.807) is 0 Å². The van der Waals surface area contributed by atoms with Gasteiger partial charge in [-0.15, -0.1) is 0 Å². The van der Waals surface area contributed by atoms with E-state index in [4.69, 9.17) is 5.26 Å². The van der Waals surface area contributed by atoms with Gasteiger partial charge in [0.05, 0.1) is 6.07 Å². The Labute approximate surface area is 105 Å². The SMILES string of the molecule is Cc1cc(Br)cc(NCC2(CC#N)CC2)c1. The van der Waals surface area contributed by atoms with Crippen molar-refractivity contribution in [3.05, 3.63) is 28.2 Å². The van der Waals surface area contributed by atoms with Crippen LogP contribution in [0.5, 0.6) is 0 Å². The van der Waals surface area contributed by atoms with Crippen molar-refractivity contribution in [2.75, 3.05) is 11.9 Å². The van der Waals surface area contributed by atoms with E-state index in [2.05, 4.69) is 52.4 Å². The Morgan fingerprint density at radius 1 is 1.44 bits per heavy atom. The summed E-state index contributed by atoms with van der Waals surface area (Å²) >= 11 is 3.49. The Bertz CT molecular complexity index is 410. The van der Waals surface area contributed by atoms with E-state index in [-0.39, 0.29) is 5.41 Å². The molecular formula is C13H15BrN2. The summed E-state index contributed by atoms with van der Waals surface area (Å²) in [4.78, 5) is 0. The van der Waals surface area contributed by atoms with Gasteiger partial charge >= 0.3 is 0 Å². The Kier molecular flexibility index (Phi) is 3.20. The van der Waals surface area contributed by atoms with Crippen LogP contribution in [0.25, 0.3) is 0 Å². The van der Waals surface area contributed by atoms with Crippen molar-refractivity contribution in [3.63, 3.8) is 0 Å². The van der Waals surface area contributed by atoms with Crippen LogP contribution in [0.15, 0.2) is 22.7 Å². The van der Waals surface area contributed by atoms with Gasteiger partial charge in [-0.2, -0.15) is 5.26 Å². The predicted octanol–water partition coefficient (Wildman–Crippen LogP) is 3.86. The largest absolute Gasteiger partial charge is 0.384 e. The summed E-state index contributed by atoms with van der Waals surface area (Å²) in [5.74, 6) is 0. The highest BCUT2D eigenvalue weighted by Gasteiger charge is 2.42. The minimum atomic E-state index is 0.255. The molecule has 1 aromatic carbocycles. The van der Waals surface area contributed by atoms with E-state index in [1.165, 1.54) is 18.4 Å². The second-order valence-electron chi connectivity index (χ2n) is 4.71. The number of nitrogens with one attached hydrogen (secondary N) is 1. The minimum absolute atomic E-state index is 0.255. The van der Waals surface area contributed by atoms with E-state index in [1.807, 2.05) is 0 Å². The molecule has 1 aliphatic rings. The molecule has 0 saturated heterocycles. The van der Waals surface area contributed by atoms with E-state index in [9.17, 15) is 0 Å². The average Bonchev–Trinajstić information content (AvgIpc) is 2.95. The Morgan fingerprint density at radius 2 is 2.19 bits per heavy atom. The summed E-state index contributed by atoms with van der Waals surface area (Å²) in [6.45, 7) is 2.99. The Balaban J connectivity index is 1.97. The molecule has 16 heavy (non-hydrogen) atoms. The van der Waals surface area contributed by atoms with Crippen LogP contribution >= 0.6 is 15.9 Å². The van der Waals surface area contributed by atoms with Gasteiger partial charge in [0.25, 0.3) is 0 Å². The molecule has 1 fully saturated rings. The van der Waals surface area contributed by atoms with Crippen molar-refractivity contribution >= 4 is 21.6 Å². The molecular weight excluding hydrogens is 264 g/mol. The monoisotopic (exact) mass is 278 g/mol. The van der Waals surface area contributed by atoms with Gasteiger partial charge < -0.3 is 5.32 Å². The average molecular weight is 279 g/mol. The number of halogens is 1. The number of nitrogens with zero attached hydrogens (tertiary/aromatic N) is 1. The van der Waals surface area contributed by atoms with Gasteiger partial charge in [-0.25, -0.2) is 0 Å². The highest BCUT2D eigenvalue weighted by Crippen LogP contribution is 2.48. The fourth-order valence-electron chi connectivity index (χ4n) is 1.89. The van der Waals surface area contributed by atoms with Crippen LogP contribution < -0.4 is 5.32 Å². The molecule has 0 aliphatic heterocycles. The van der Waals surface area contributed by atoms with E-state index in [0.717, 1.165) is 16.7 Å². The number of aryl methyl sites for hydroxylation is 1. The lowest BCUT2D eigenvalue weighted by atomic mass is 10.0. The molecule has 1 saturated carbocycles. The maximum Gasteiger partial charge on any atom is 0.0628 e. The maximum atomic E-state index is 8.74. The molecule has 84 valence electrons. The molecule has 0 aromatic heterocycles. The molecule has 1 N–H and O–H groups in total. The van der Waals surface area contributed by atoms with Crippen LogP contribution in [0.3, 0.4) is 0 Å². The molecule has 1 aromatic rings. The summed E-state index contributed by atoms with van der Waals surface area (Å²) in [5, 5.41) is 12.2. The molecule has 0 radical (unpaired) electrons. The van der Waals surface area contributed by atoms with Crippen LogP contribution in [0, 0.1) is 23.7 Å². The van der Waals surface area contributed by atoms with Crippen molar-refractivity contribution in [2.24, 2.45) is 5.41 Å². The third-order valence-electron chi connectivity index (χ3n) is 3.12. The zero-order valence-electron chi connectivity index (χ0n) is 9.39. The predicted molar refractivity (Wildman–Crippen MR) is 69.3 cm³/mol. The molecule has 2 rings (SSSR count). The van der Waals surface area contributed by atoms with E-state index >= 15 is 0 Å². The van der Waals surface area contributed by atoms with Gasteiger partial charge in [-0.1, -0.05) is 15.9 Å². The molecule has 3 heteroatoms. The first-order chi connectivity index (χ1) is 7.63. The fraction of sp³-hybridized carbons (Fsp3) is 0.462. The number of hydrogen-bond donors (Lipinski definition) is 1. The molecule has 0 bridgehead atoms. The summed E-state index contributed by atoms with van der Waals surface area (Å²) in [5.41, 5.74) is 2.63. The number of anilines is 1. The number of hydrogen-bond acceptors (Lipinski definition) is 2. The summed E-state index contributed by atoms with van der Waals surface area (Å²) in [7, 11) is 0. The quantitative estimate of drug-likeness (QED) is 0.908. The first-order valence-electron chi connectivity index (χ1n) is 5.52. The smallest absolute Gasteiger partial charge is 0.0628 e. The zero-order chi connectivity index (χ0) is 11.6. The Hall–Kier alpha value is -1.01. The van der Waals surface area contributed by atoms with Crippen molar-refractivity contribution in [1.29, 1.82) is 5.26 Å². The first-order valence-corrected chi connectivity index (χ1v) is 6.31. The highest BCUT2D eigenvalue weighted by atomic mass is 79.9. The number of benzene rings is 1.